The summed E-state index contributed by atoms with van der Waals surface area (Å²) in [5, 5.41) is 9.73. The molecule has 0 fully saturated rings. The van der Waals surface area contributed by atoms with E-state index in [0.717, 1.165) is 5.56 Å². The standard InChI is InChI=1S/C25H31FN2O5S/c1-5-6-19-7-12-24-22(13-19)33-23(17(2)14-28(18(3)16-29)34(24,31)32)15-27(4)25(30)20-8-10-21(26)11-9-20/h5-13,17-18,23,29H,14-16H2,1-4H3/b6-5+/t17-,18+,23-/m0/s1. The van der Waals surface area contributed by atoms with Gasteiger partial charge in [-0.1, -0.05) is 25.1 Å². The smallest absolute Gasteiger partial charge is 0.253 e. The Kier molecular flexibility index (Phi) is 8.12. The van der Waals surface area contributed by atoms with Crippen LogP contribution in [-0.4, -0.2) is 67.5 Å². The highest BCUT2D eigenvalue weighted by molar-refractivity contribution is 7.89. The molecule has 0 aliphatic carbocycles. The molecular formula is C25H31FN2O5S. The van der Waals surface area contributed by atoms with Crippen molar-refractivity contribution in [2.75, 3.05) is 26.7 Å². The van der Waals surface area contributed by atoms with E-state index >= 15 is 0 Å². The summed E-state index contributed by atoms with van der Waals surface area (Å²) in [7, 11) is -2.30. The van der Waals surface area contributed by atoms with Gasteiger partial charge >= 0.3 is 0 Å². The van der Waals surface area contributed by atoms with E-state index in [2.05, 4.69) is 0 Å². The van der Waals surface area contributed by atoms with Gasteiger partial charge in [0.2, 0.25) is 10.0 Å². The second-order valence-corrected chi connectivity index (χ2v) is 10.5. The molecule has 3 atom stereocenters. The fraction of sp³-hybridized carbons (Fsp3) is 0.400. The highest BCUT2D eigenvalue weighted by Crippen LogP contribution is 2.34. The molecule has 0 saturated carbocycles. The van der Waals surface area contributed by atoms with Gasteiger partial charge < -0.3 is 14.7 Å². The zero-order valence-electron chi connectivity index (χ0n) is 19.8. The molecular weight excluding hydrogens is 459 g/mol. The number of halogens is 1. The van der Waals surface area contributed by atoms with Crippen LogP contribution in [-0.2, 0) is 10.0 Å². The summed E-state index contributed by atoms with van der Waals surface area (Å²) in [4.78, 5) is 14.4. The highest BCUT2D eigenvalue weighted by atomic mass is 32.2. The summed E-state index contributed by atoms with van der Waals surface area (Å²) in [6.45, 7) is 5.34. The van der Waals surface area contributed by atoms with Crippen molar-refractivity contribution in [2.45, 2.75) is 37.8 Å². The molecule has 2 aromatic rings. The Hall–Kier alpha value is -2.75. The van der Waals surface area contributed by atoms with Gasteiger partial charge in [-0.2, -0.15) is 4.31 Å². The first-order valence-corrected chi connectivity index (χ1v) is 12.6. The normalized spacial score (nSPS) is 21.2. The molecule has 1 aliphatic rings. The van der Waals surface area contributed by atoms with Gasteiger partial charge in [0.15, 0.2) is 0 Å². The number of sulfonamides is 1. The van der Waals surface area contributed by atoms with E-state index in [-0.39, 0.29) is 42.2 Å². The van der Waals surface area contributed by atoms with E-state index in [0.29, 0.717) is 5.56 Å². The van der Waals surface area contributed by atoms with Crippen LogP contribution in [0.25, 0.3) is 6.08 Å². The summed E-state index contributed by atoms with van der Waals surface area (Å²) < 4.78 is 47.7. The van der Waals surface area contributed by atoms with Crippen LogP contribution in [0.15, 0.2) is 53.4 Å². The molecule has 0 saturated heterocycles. The molecule has 1 N–H and O–H groups in total. The van der Waals surface area contributed by atoms with Crippen LogP contribution in [0.2, 0.25) is 0 Å². The van der Waals surface area contributed by atoms with E-state index in [1.807, 2.05) is 26.0 Å². The Morgan fingerprint density at radius 2 is 1.97 bits per heavy atom. The molecule has 34 heavy (non-hydrogen) atoms. The number of carbonyl (C=O) groups is 1. The Morgan fingerprint density at radius 1 is 1.29 bits per heavy atom. The van der Waals surface area contributed by atoms with Gasteiger partial charge in [-0.3, -0.25) is 4.79 Å². The average molecular weight is 491 g/mol. The first-order chi connectivity index (χ1) is 16.1. The number of hydrogen-bond donors (Lipinski definition) is 1. The number of benzene rings is 2. The molecule has 0 unspecified atom stereocenters. The number of hydrogen-bond acceptors (Lipinski definition) is 5. The van der Waals surface area contributed by atoms with Crippen LogP contribution in [0.3, 0.4) is 0 Å². The maximum Gasteiger partial charge on any atom is 0.253 e. The van der Waals surface area contributed by atoms with Crippen molar-refractivity contribution in [3.05, 3.63) is 65.5 Å². The zero-order chi connectivity index (χ0) is 25.0. The number of fused-ring (bicyclic) bond motifs is 1. The second kappa shape index (κ2) is 10.7. The van der Waals surface area contributed by atoms with Gasteiger partial charge in [0.05, 0.1) is 13.2 Å². The van der Waals surface area contributed by atoms with Gasteiger partial charge in [0.25, 0.3) is 5.91 Å². The van der Waals surface area contributed by atoms with Crippen LogP contribution < -0.4 is 4.74 Å². The molecule has 1 aliphatic heterocycles. The number of amides is 1. The van der Waals surface area contributed by atoms with Crippen molar-refractivity contribution in [1.29, 1.82) is 0 Å². The predicted octanol–water partition coefficient (Wildman–Crippen LogP) is 3.40. The number of likely N-dealkylation sites (N-methyl/N-ethyl adjacent to an activating group) is 1. The molecule has 0 aromatic heterocycles. The lowest BCUT2D eigenvalue weighted by Gasteiger charge is -2.37. The number of rotatable bonds is 6. The van der Waals surface area contributed by atoms with Crippen LogP contribution >= 0.6 is 0 Å². The SMILES string of the molecule is C/C=C/c1ccc2c(c1)O[C@@H](CN(C)C(=O)c1ccc(F)cc1)[C@@H](C)CN([C@H](C)CO)S2(=O)=O. The number of nitrogens with zero attached hydrogens (tertiary/aromatic N) is 2. The van der Waals surface area contributed by atoms with Crippen LogP contribution in [0.1, 0.15) is 36.7 Å². The molecule has 0 spiro atoms. The van der Waals surface area contributed by atoms with Gasteiger partial charge in [-0.05, 0) is 55.8 Å². The van der Waals surface area contributed by atoms with Gasteiger partial charge in [-0.25, -0.2) is 12.8 Å². The molecule has 9 heteroatoms. The number of ether oxygens (including phenoxy) is 1. The zero-order valence-corrected chi connectivity index (χ0v) is 20.6. The van der Waals surface area contributed by atoms with Gasteiger partial charge in [0.1, 0.15) is 22.6 Å². The molecule has 7 nitrogen and oxygen atoms in total. The number of carbonyl (C=O) groups excluding carboxylic acids is 1. The first kappa shape index (κ1) is 25.9. The highest BCUT2D eigenvalue weighted by Gasteiger charge is 2.38. The minimum absolute atomic E-state index is 0.0190. The maximum absolute atomic E-state index is 13.5. The summed E-state index contributed by atoms with van der Waals surface area (Å²) in [5.74, 6) is -0.825. The minimum Gasteiger partial charge on any atom is -0.487 e. The first-order valence-electron chi connectivity index (χ1n) is 11.2. The predicted molar refractivity (Wildman–Crippen MR) is 129 cm³/mol. The summed E-state index contributed by atoms with van der Waals surface area (Å²) in [5.41, 5.74) is 1.12. The van der Waals surface area contributed by atoms with E-state index in [1.54, 1.807) is 26.1 Å². The third-order valence-corrected chi connectivity index (χ3v) is 7.96. The summed E-state index contributed by atoms with van der Waals surface area (Å²) in [6, 6.07) is 9.55. The summed E-state index contributed by atoms with van der Waals surface area (Å²) in [6.07, 6.45) is 3.15. The maximum atomic E-state index is 13.5. The molecule has 3 rings (SSSR count). The van der Waals surface area contributed by atoms with Crippen molar-refractivity contribution >= 4 is 22.0 Å². The molecule has 1 amide bonds. The van der Waals surface area contributed by atoms with Crippen molar-refractivity contribution in [3.63, 3.8) is 0 Å². The van der Waals surface area contributed by atoms with E-state index in [1.165, 1.54) is 39.5 Å². The average Bonchev–Trinajstić information content (AvgIpc) is 2.81. The Bertz CT molecular complexity index is 1150. The number of aliphatic hydroxyl groups excluding tert-OH is 1. The molecule has 2 aromatic carbocycles. The number of allylic oxidation sites excluding steroid dienone is 1. The molecule has 0 bridgehead atoms. The molecule has 0 radical (unpaired) electrons. The van der Waals surface area contributed by atoms with Crippen molar-refractivity contribution in [3.8, 4) is 5.75 Å². The van der Waals surface area contributed by atoms with Crippen LogP contribution in [0.4, 0.5) is 4.39 Å². The quantitative estimate of drug-likeness (QED) is 0.671. The Balaban J connectivity index is 1.99. The third kappa shape index (κ3) is 5.48. The van der Waals surface area contributed by atoms with Gasteiger partial charge in [-0.15, -0.1) is 0 Å². The lowest BCUT2D eigenvalue weighted by molar-refractivity contribution is 0.0563. The summed E-state index contributed by atoms with van der Waals surface area (Å²) >= 11 is 0. The van der Waals surface area contributed by atoms with E-state index < -0.39 is 28.0 Å². The molecule has 184 valence electrons. The van der Waals surface area contributed by atoms with Crippen molar-refractivity contribution < 1.29 is 27.4 Å². The van der Waals surface area contributed by atoms with Crippen molar-refractivity contribution in [2.24, 2.45) is 5.92 Å². The van der Waals surface area contributed by atoms with E-state index in [4.69, 9.17) is 4.74 Å². The lowest BCUT2D eigenvalue weighted by atomic mass is 10.0. The van der Waals surface area contributed by atoms with E-state index in [9.17, 15) is 22.7 Å². The molecule has 1 heterocycles. The monoisotopic (exact) mass is 490 g/mol. The minimum atomic E-state index is -3.93. The fourth-order valence-electron chi connectivity index (χ4n) is 3.92. The topological polar surface area (TPSA) is 87.2 Å². The third-order valence-electron chi connectivity index (χ3n) is 5.94. The largest absolute Gasteiger partial charge is 0.487 e. The van der Waals surface area contributed by atoms with Crippen molar-refractivity contribution in [1.82, 2.24) is 9.21 Å². The number of aliphatic hydroxyl groups is 1. The van der Waals surface area contributed by atoms with Crippen LogP contribution in [0.5, 0.6) is 5.75 Å². The second-order valence-electron chi connectivity index (χ2n) is 8.64. The fourth-order valence-corrected chi connectivity index (χ4v) is 5.75. The lowest BCUT2D eigenvalue weighted by Crippen LogP contribution is -2.50. The van der Waals surface area contributed by atoms with Crippen LogP contribution in [0, 0.1) is 11.7 Å². The Morgan fingerprint density at radius 3 is 2.59 bits per heavy atom. The van der Waals surface area contributed by atoms with Gasteiger partial charge in [0, 0.05) is 31.1 Å². The Labute approximate surface area is 200 Å².